The van der Waals surface area contributed by atoms with Gasteiger partial charge < -0.3 is 15.1 Å². The van der Waals surface area contributed by atoms with E-state index in [-0.39, 0.29) is 5.91 Å². The Morgan fingerprint density at radius 1 is 1.19 bits per heavy atom. The Morgan fingerprint density at radius 3 is 2.56 bits per heavy atom. The van der Waals surface area contributed by atoms with Crippen LogP contribution in [0.25, 0.3) is 0 Å². The number of aryl methyl sites for hydroxylation is 1. The fraction of sp³-hybridized carbons (Fsp3) is 0.476. The third-order valence-corrected chi connectivity index (χ3v) is 4.89. The molecule has 1 aromatic carbocycles. The second kappa shape index (κ2) is 8.84. The van der Waals surface area contributed by atoms with E-state index >= 15 is 0 Å². The second-order valence-corrected chi connectivity index (χ2v) is 7.13. The molecule has 1 aromatic heterocycles. The lowest BCUT2D eigenvalue weighted by molar-refractivity contribution is 0.102. The highest BCUT2D eigenvalue weighted by Crippen LogP contribution is 2.22. The SMILES string of the molecule is CCCCN(C)c1cc(C(=O)Nc2ccc(N3CCCC3)cc2)nc(C)n1. The fourth-order valence-electron chi connectivity index (χ4n) is 3.30. The Labute approximate surface area is 161 Å². The van der Waals surface area contributed by atoms with Crippen molar-refractivity contribution in [3.63, 3.8) is 0 Å². The van der Waals surface area contributed by atoms with Gasteiger partial charge in [0.25, 0.3) is 5.91 Å². The molecule has 0 spiro atoms. The first kappa shape index (κ1) is 19.1. The first-order valence-corrected chi connectivity index (χ1v) is 9.80. The van der Waals surface area contributed by atoms with Crippen molar-refractivity contribution in [3.8, 4) is 0 Å². The molecule has 1 aliphatic rings. The summed E-state index contributed by atoms with van der Waals surface area (Å²) in [6, 6.07) is 9.80. The van der Waals surface area contributed by atoms with Crippen LogP contribution in [0.5, 0.6) is 0 Å². The number of amides is 1. The summed E-state index contributed by atoms with van der Waals surface area (Å²) < 4.78 is 0. The maximum absolute atomic E-state index is 12.7. The van der Waals surface area contributed by atoms with Gasteiger partial charge in [-0.05, 0) is 50.5 Å². The Balaban J connectivity index is 1.69. The zero-order valence-electron chi connectivity index (χ0n) is 16.5. The van der Waals surface area contributed by atoms with Crippen LogP contribution in [-0.2, 0) is 0 Å². The maximum atomic E-state index is 12.7. The summed E-state index contributed by atoms with van der Waals surface area (Å²) in [6.07, 6.45) is 4.71. The summed E-state index contributed by atoms with van der Waals surface area (Å²) in [5.41, 5.74) is 2.38. The average Bonchev–Trinajstić information content (AvgIpc) is 3.21. The first-order valence-electron chi connectivity index (χ1n) is 9.80. The van der Waals surface area contributed by atoms with Gasteiger partial charge >= 0.3 is 0 Å². The minimum Gasteiger partial charge on any atom is -0.372 e. The molecule has 3 rings (SSSR count). The van der Waals surface area contributed by atoms with Gasteiger partial charge in [-0.1, -0.05) is 13.3 Å². The molecule has 1 N–H and O–H groups in total. The minimum atomic E-state index is -0.209. The quantitative estimate of drug-likeness (QED) is 0.805. The zero-order valence-corrected chi connectivity index (χ0v) is 16.5. The third kappa shape index (κ3) is 4.96. The molecule has 27 heavy (non-hydrogen) atoms. The highest BCUT2D eigenvalue weighted by atomic mass is 16.1. The largest absolute Gasteiger partial charge is 0.372 e. The van der Waals surface area contributed by atoms with Crippen LogP contribution in [0.3, 0.4) is 0 Å². The van der Waals surface area contributed by atoms with Crippen LogP contribution in [0, 0.1) is 6.92 Å². The second-order valence-electron chi connectivity index (χ2n) is 7.13. The summed E-state index contributed by atoms with van der Waals surface area (Å²) in [7, 11) is 2.00. The molecule has 1 saturated heterocycles. The monoisotopic (exact) mass is 367 g/mol. The molecule has 2 aromatic rings. The number of rotatable bonds is 7. The lowest BCUT2D eigenvalue weighted by Gasteiger charge is -2.19. The van der Waals surface area contributed by atoms with E-state index in [9.17, 15) is 4.79 Å². The molecule has 144 valence electrons. The van der Waals surface area contributed by atoms with Crippen LogP contribution in [-0.4, -0.2) is 42.6 Å². The summed E-state index contributed by atoms with van der Waals surface area (Å²) >= 11 is 0. The molecular weight excluding hydrogens is 338 g/mol. The number of hydrogen-bond acceptors (Lipinski definition) is 5. The molecule has 0 saturated carbocycles. The summed E-state index contributed by atoms with van der Waals surface area (Å²) in [5.74, 6) is 1.18. The number of nitrogens with one attached hydrogen (secondary N) is 1. The molecule has 0 bridgehead atoms. The number of anilines is 3. The predicted molar refractivity (Wildman–Crippen MR) is 111 cm³/mol. The van der Waals surface area contributed by atoms with Gasteiger partial charge in [-0.25, -0.2) is 9.97 Å². The number of aromatic nitrogens is 2. The number of unbranched alkanes of at least 4 members (excludes halogenated alkanes) is 1. The van der Waals surface area contributed by atoms with Gasteiger partial charge in [0.1, 0.15) is 17.3 Å². The molecule has 2 heterocycles. The van der Waals surface area contributed by atoms with E-state index < -0.39 is 0 Å². The van der Waals surface area contributed by atoms with Gasteiger partial charge in [0.05, 0.1) is 0 Å². The van der Waals surface area contributed by atoms with Crippen molar-refractivity contribution in [2.45, 2.75) is 39.5 Å². The van der Waals surface area contributed by atoms with Gasteiger partial charge in [-0.15, -0.1) is 0 Å². The van der Waals surface area contributed by atoms with E-state index in [2.05, 4.69) is 44.1 Å². The van der Waals surface area contributed by atoms with E-state index in [0.717, 1.165) is 44.0 Å². The third-order valence-electron chi connectivity index (χ3n) is 4.89. The van der Waals surface area contributed by atoms with E-state index in [4.69, 9.17) is 0 Å². The van der Waals surface area contributed by atoms with E-state index in [1.54, 1.807) is 6.07 Å². The zero-order chi connectivity index (χ0) is 19.2. The highest BCUT2D eigenvalue weighted by Gasteiger charge is 2.14. The van der Waals surface area contributed by atoms with Crippen LogP contribution in [0.2, 0.25) is 0 Å². The summed E-state index contributed by atoms with van der Waals surface area (Å²) in [5, 5.41) is 2.95. The van der Waals surface area contributed by atoms with Crippen molar-refractivity contribution in [2.24, 2.45) is 0 Å². The van der Waals surface area contributed by atoms with Crippen LogP contribution in [0.4, 0.5) is 17.2 Å². The van der Waals surface area contributed by atoms with Gasteiger partial charge in [0.2, 0.25) is 0 Å². The molecule has 1 amide bonds. The maximum Gasteiger partial charge on any atom is 0.274 e. The normalized spacial score (nSPS) is 13.7. The number of nitrogens with zero attached hydrogens (tertiary/aromatic N) is 4. The van der Waals surface area contributed by atoms with Gasteiger partial charge in [-0.2, -0.15) is 0 Å². The first-order chi connectivity index (χ1) is 13.1. The molecule has 0 unspecified atom stereocenters. The lowest BCUT2D eigenvalue weighted by Crippen LogP contribution is -2.22. The number of carbonyl (C=O) groups excluding carboxylic acids is 1. The smallest absolute Gasteiger partial charge is 0.274 e. The molecule has 0 atom stereocenters. The van der Waals surface area contributed by atoms with E-state index in [0.29, 0.717) is 11.5 Å². The Hall–Kier alpha value is -2.63. The van der Waals surface area contributed by atoms with Crippen molar-refractivity contribution in [3.05, 3.63) is 41.9 Å². The number of benzene rings is 1. The highest BCUT2D eigenvalue weighted by molar-refractivity contribution is 6.03. The summed E-state index contributed by atoms with van der Waals surface area (Å²) in [6.45, 7) is 7.11. The average molecular weight is 367 g/mol. The van der Waals surface area contributed by atoms with Crippen molar-refractivity contribution < 1.29 is 4.79 Å². The van der Waals surface area contributed by atoms with Crippen molar-refractivity contribution in [2.75, 3.05) is 41.8 Å². The van der Waals surface area contributed by atoms with E-state index in [1.807, 2.05) is 26.1 Å². The topological polar surface area (TPSA) is 61.4 Å². The minimum absolute atomic E-state index is 0.209. The van der Waals surface area contributed by atoms with Gasteiger partial charge in [0, 0.05) is 44.1 Å². The molecule has 0 aliphatic carbocycles. The molecular formula is C21H29N5O. The van der Waals surface area contributed by atoms with Crippen molar-refractivity contribution >= 4 is 23.1 Å². The standard InChI is InChI=1S/C21H29N5O/c1-4-5-12-25(3)20-15-19(22-16(2)23-20)21(27)24-17-8-10-18(11-9-17)26-13-6-7-14-26/h8-11,15H,4-7,12-14H2,1-3H3,(H,24,27). The fourth-order valence-corrected chi connectivity index (χ4v) is 3.30. The van der Waals surface area contributed by atoms with Crippen LogP contribution in [0.1, 0.15) is 48.9 Å². The molecule has 1 fully saturated rings. The molecule has 1 aliphatic heterocycles. The van der Waals surface area contributed by atoms with Crippen LogP contribution >= 0.6 is 0 Å². The predicted octanol–water partition coefficient (Wildman–Crippen LogP) is 3.87. The Morgan fingerprint density at radius 2 is 1.89 bits per heavy atom. The van der Waals surface area contributed by atoms with Gasteiger partial charge in [-0.3, -0.25) is 4.79 Å². The molecule has 0 radical (unpaired) electrons. The number of hydrogen-bond donors (Lipinski definition) is 1. The van der Waals surface area contributed by atoms with Crippen LogP contribution in [0.15, 0.2) is 30.3 Å². The van der Waals surface area contributed by atoms with Crippen LogP contribution < -0.4 is 15.1 Å². The van der Waals surface area contributed by atoms with Crippen molar-refractivity contribution in [1.82, 2.24) is 9.97 Å². The van der Waals surface area contributed by atoms with Gasteiger partial charge in [0.15, 0.2) is 0 Å². The summed E-state index contributed by atoms with van der Waals surface area (Å²) in [4.78, 5) is 25.9. The molecule has 6 nitrogen and oxygen atoms in total. The lowest BCUT2D eigenvalue weighted by atomic mass is 10.2. The Bertz CT molecular complexity index is 769. The molecule has 6 heteroatoms. The van der Waals surface area contributed by atoms with Crippen molar-refractivity contribution in [1.29, 1.82) is 0 Å². The van der Waals surface area contributed by atoms with E-state index in [1.165, 1.54) is 18.5 Å². The Kier molecular flexibility index (Phi) is 6.27. The number of carbonyl (C=O) groups is 1.